The maximum Gasteiger partial charge on any atom is 0.472 e. The number of quaternary nitrogens is 1. The Morgan fingerprint density at radius 3 is 1.31 bits per heavy atom. The molecule has 0 spiro atoms. The second kappa shape index (κ2) is 51.1. The summed E-state index contributed by atoms with van der Waals surface area (Å²) in [5, 5.41) is 13.8. The molecule has 3 atom stereocenters. The number of rotatable bonds is 50. The molecule has 0 bridgehead atoms. The van der Waals surface area contributed by atoms with Crippen molar-refractivity contribution < 1.29 is 32.9 Å². The van der Waals surface area contributed by atoms with Gasteiger partial charge >= 0.3 is 7.82 Å². The van der Waals surface area contributed by atoms with Crippen LogP contribution in [0.1, 0.15) is 219 Å². The van der Waals surface area contributed by atoms with Gasteiger partial charge in [0.1, 0.15) is 13.2 Å². The Bertz CT molecular complexity index is 1500. The van der Waals surface area contributed by atoms with Crippen molar-refractivity contribution in [1.29, 1.82) is 0 Å². The number of aliphatic hydroxyl groups excluding tert-OH is 1. The van der Waals surface area contributed by atoms with Crippen LogP contribution < -0.4 is 5.32 Å². The van der Waals surface area contributed by atoms with Gasteiger partial charge in [-0.05, 0) is 96.3 Å². The summed E-state index contributed by atoms with van der Waals surface area (Å²) in [5.74, 6) is -0.195. The van der Waals surface area contributed by atoms with Gasteiger partial charge in [-0.3, -0.25) is 13.8 Å². The number of nitrogens with zero attached hydrogens (tertiary/aromatic N) is 1. The highest BCUT2D eigenvalue weighted by molar-refractivity contribution is 7.47. The third-order valence-corrected chi connectivity index (χ3v) is 12.9. The molecule has 1 amide bonds. The van der Waals surface area contributed by atoms with E-state index in [2.05, 4.69) is 116 Å². The summed E-state index contributed by atoms with van der Waals surface area (Å²) in [5.41, 5.74) is 0. The molecule has 3 unspecified atom stereocenters. The van der Waals surface area contributed by atoms with E-state index in [9.17, 15) is 19.4 Å². The molecule has 9 heteroatoms. The Balaban J connectivity index is 4.08. The molecule has 8 nitrogen and oxygen atoms in total. The average Bonchev–Trinajstić information content (AvgIpc) is 3.32. The summed E-state index contributed by atoms with van der Waals surface area (Å²) >= 11 is 0. The lowest BCUT2D eigenvalue weighted by atomic mass is 10.0. The van der Waals surface area contributed by atoms with Crippen molar-refractivity contribution in [3.8, 4) is 0 Å². The Hall–Kier alpha value is -2.84. The van der Waals surface area contributed by atoms with E-state index in [0.29, 0.717) is 17.4 Å². The first-order valence-electron chi connectivity index (χ1n) is 28.3. The molecule has 0 saturated heterocycles. The lowest BCUT2D eigenvalue weighted by Crippen LogP contribution is -2.45. The van der Waals surface area contributed by atoms with Gasteiger partial charge in [-0.2, -0.15) is 0 Å². The van der Waals surface area contributed by atoms with Crippen LogP contribution in [0.15, 0.2) is 109 Å². The molecular weight excluding hydrogens is 888 g/mol. The molecule has 3 N–H and O–H groups in total. The van der Waals surface area contributed by atoms with Crippen LogP contribution in [-0.4, -0.2) is 73.4 Å². The summed E-state index contributed by atoms with van der Waals surface area (Å²) in [4.78, 5) is 23.2. The van der Waals surface area contributed by atoms with Crippen molar-refractivity contribution >= 4 is 13.7 Å². The van der Waals surface area contributed by atoms with Gasteiger partial charge in [0, 0.05) is 6.42 Å². The van der Waals surface area contributed by atoms with Crippen molar-refractivity contribution in [2.24, 2.45) is 0 Å². The number of phosphoric ester groups is 1. The number of hydrogen-bond acceptors (Lipinski definition) is 5. The average molecular weight is 997 g/mol. The maximum atomic E-state index is 12.9. The molecule has 0 aliphatic heterocycles. The van der Waals surface area contributed by atoms with Crippen LogP contribution >= 0.6 is 7.82 Å². The number of carbonyl (C=O) groups is 1. The standard InChI is InChI=1S/C61H107N2O6P/c1-6-8-10-12-14-16-18-20-21-22-23-24-25-26-27-28-29-30-31-32-33-34-35-36-37-38-39-40-41-43-45-47-49-51-53-55-61(65)62-59(58-69-70(66,67)68-57-56-63(3,4)5)60(64)54-52-50-48-46-44-42-19-17-15-13-11-9-7-2/h8,10,14-17,20-21,23-24,26-27,29-30,44,46,52,54,59-60,64H,6-7,9,11-13,18-19,22,25,28,31-43,45,47-51,53,55-58H2,1-5H3,(H-,62,65,66,67)/p+1/b10-8-,16-14-,17-15+,21-20-,24-23-,27-26-,30-29-,46-44+,54-52+. The molecule has 0 aromatic carbocycles. The second-order valence-electron chi connectivity index (χ2n) is 19.9. The van der Waals surface area contributed by atoms with Crippen molar-refractivity contribution in [2.75, 3.05) is 40.9 Å². The van der Waals surface area contributed by atoms with Crippen LogP contribution in [0.4, 0.5) is 0 Å². The molecule has 0 saturated carbocycles. The van der Waals surface area contributed by atoms with Crippen LogP contribution in [0.25, 0.3) is 0 Å². The zero-order valence-corrected chi connectivity index (χ0v) is 46.6. The fraction of sp³-hybridized carbons (Fsp3) is 0.689. The topological polar surface area (TPSA) is 105 Å². The quantitative estimate of drug-likeness (QED) is 0.0243. The van der Waals surface area contributed by atoms with Gasteiger partial charge in [0.15, 0.2) is 0 Å². The Kier molecular flexibility index (Phi) is 49.0. The van der Waals surface area contributed by atoms with Crippen LogP contribution in [0.3, 0.4) is 0 Å². The van der Waals surface area contributed by atoms with Crippen LogP contribution in [-0.2, 0) is 18.4 Å². The molecule has 402 valence electrons. The smallest absolute Gasteiger partial charge is 0.387 e. The number of phosphoric acid groups is 1. The summed E-state index contributed by atoms with van der Waals surface area (Å²) in [6.45, 7) is 4.63. The Morgan fingerprint density at radius 2 is 0.871 bits per heavy atom. The fourth-order valence-corrected chi connectivity index (χ4v) is 8.28. The van der Waals surface area contributed by atoms with Crippen molar-refractivity contribution in [2.45, 2.75) is 231 Å². The number of nitrogens with one attached hydrogen (secondary N) is 1. The largest absolute Gasteiger partial charge is 0.472 e. The van der Waals surface area contributed by atoms with Gasteiger partial charge in [-0.25, -0.2) is 4.57 Å². The van der Waals surface area contributed by atoms with Gasteiger partial charge in [0.05, 0.1) is 39.9 Å². The van der Waals surface area contributed by atoms with E-state index in [1.54, 1.807) is 6.08 Å². The zero-order valence-electron chi connectivity index (χ0n) is 45.7. The van der Waals surface area contributed by atoms with Crippen LogP contribution in [0.2, 0.25) is 0 Å². The Labute approximate surface area is 431 Å². The first-order chi connectivity index (χ1) is 34.0. The summed E-state index contributed by atoms with van der Waals surface area (Å²) in [6, 6.07) is -0.874. The van der Waals surface area contributed by atoms with E-state index in [1.807, 2.05) is 27.2 Å². The van der Waals surface area contributed by atoms with Gasteiger partial charge in [0.2, 0.25) is 5.91 Å². The first kappa shape index (κ1) is 67.2. The number of allylic oxidation sites excluding steroid dienone is 17. The number of hydrogen-bond donors (Lipinski definition) is 3. The molecule has 0 radical (unpaired) electrons. The fourth-order valence-electron chi connectivity index (χ4n) is 7.55. The molecule has 0 fully saturated rings. The minimum atomic E-state index is -4.36. The highest BCUT2D eigenvalue weighted by Gasteiger charge is 2.27. The minimum absolute atomic E-state index is 0.0496. The minimum Gasteiger partial charge on any atom is -0.387 e. The van der Waals surface area contributed by atoms with Crippen molar-refractivity contribution in [3.63, 3.8) is 0 Å². The molecule has 0 aromatic rings. The number of carbonyl (C=O) groups excluding carboxylic acids is 1. The highest BCUT2D eigenvalue weighted by Crippen LogP contribution is 2.43. The highest BCUT2D eigenvalue weighted by atomic mass is 31.2. The molecule has 70 heavy (non-hydrogen) atoms. The summed E-state index contributed by atoms with van der Waals surface area (Å²) in [6.07, 6.45) is 74.9. The van der Waals surface area contributed by atoms with Crippen molar-refractivity contribution in [3.05, 3.63) is 109 Å². The van der Waals surface area contributed by atoms with E-state index in [0.717, 1.165) is 89.9 Å². The monoisotopic (exact) mass is 996 g/mol. The van der Waals surface area contributed by atoms with E-state index >= 15 is 0 Å². The van der Waals surface area contributed by atoms with Gasteiger partial charge in [0.25, 0.3) is 0 Å². The predicted octanol–water partition coefficient (Wildman–Crippen LogP) is 17.2. The van der Waals surface area contributed by atoms with Crippen molar-refractivity contribution in [1.82, 2.24) is 5.32 Å². The molecule has 0 aliphatic carbocycles. The summed E-state index contributed by atoms with van der Waals surface area (Å²) < 4.78 is 23.6. The lowest BCUT2D eigenvalue weighted by molar-refractivity contribution is -0.870. The molecule has 0 aliphatic rings. The number of likely N-dealkylation sites (N-methyl/N-ethyl adjacent to an activating group) is 1. The number of aliphatic hydroxyl groups is 1. The normalized spacial score (nSPS) is 14.8. The number of unbranched alkanes of at least 4 members (excludes halogenated alkanes) is 21. The third kappa shape index (κ3) is 53.0. The predicted molar refractivity (Wildman–Crippen MR) is 304 cm³/mol. The third-order valence-electron chi connectivity index (χ3n) is 12.0. The van der Waals surface area contributed by atoms with E-state index in [1.165, 1.54) is 109 Å². The molecular formula is C61H108N2O6P+. The Morgan fingerprint density at radius 1 is 0.500 bits per heavy atom. The lowest BCUT2D eigenvalue weighted by Gasteiger charge is -2.25. The van der Waals surface area contributed by atoms with E-state index in [4.69, 9.17) is 9.05 Å². The summed E-state index contributed by atoms with van der Waals surface area (Å²) in [7, 11) is 1.54. The van der Waals surface area contributed by atoms with E-state index < -0.39 is 20.0 Å². The molecule has 0 rings (SSSR count). The van der Waals surface area contributed by atoms with Crippen LogP contribution in [0.5, 0.6) is 0 Å². The SMILES string of the molecule is CC/C=C\C/C=C\C/C=C\C/C=C\C/C=C\C/C=C\CCCCCCCCCCCCCCCCCCC(=O)NC(COP(=O)(O)OCC[N+](C)(C)C)C(O)/C=C/CC/C=C/CC/C=C/CCCCC. The molecule has 0 heterocycles. The maximum absolute atomic E-state index is 12.9. The first-order valence-corrected chi connectivity index (χ1v) is 29.8. The van der Waals surface area contributed by atoms with Gasteiger partial charge < -0.3 is 19.8 Å². The van der Waals surface area contributed by atoms with Crippen LogP contribution in [0, 0.1) is 0 Å². The van der Waals surface area contributed by atoms with Gasteiger partial charge in [-0.1, -0.05) is 226 Å². The second-order valence-corrected chi connectivity index (χ2v) is 21.4. The molecule has 0 aromatic heterocycles. The number of amides is 1. The van der Waals surface area contributed by atoms with E-state index in [-0.39, 0.29) is 19.1 Å². The zero-order chi connectivity index (χ0) is 51.3. The van der Waals surface area contributed by atoms with Gasteiger partial charge in [-0.15, -0.1) is 0 Å².